The van der Waals surface area contributed by atoms with Gasteiger partial charge in [-0.1, -0.05) is 11.6 Å². The van der Waals surface area contributed by atoms with Crippen molar-refractivity contribution in [2.45, 2.75) is 11.3 Å². The van der Waals surface area contributed by atoms with Crippen LogP contribution in [0.15, 0.2) is 41.3 Å². The maximum atomic E-state index is 13.1. The molecule has 8 heteroatoms. The highest BCUT2D eigenvalue weighted by Crippen LogP contribution is 2.33. The predicted octanol–water partition coefficient (Wildman–Crippen LogP) is 3.44. The van der Waals surface area contributed by atoms with E-state index < -0.39 is 15.8 Å². The van der Waals surface area contributed by atoms with Gasteiger partial charge in [0, 0.05) is 12.5 Å². The molecule has 5 nitrogen and oxygen atoms in total. The number of benzene rings is 2. The van der Waals surface area contributed by atoms with Gasteiger partial charge in [0.1, 0.15) is 10.7 Å². The lowest BCUT2D eigenvalue weighted by molar-refractivity contribution is 0.297. The monoisotopic (exact) mass is 357 g/mol. The van der Waals surface area contributed by atoms with E-state index in [1.807, 2.05) is 0 Å². The van der Waals surface area contributed by atoms with Gasteiger partial charge in [-0.25, -0.2) is 12.8 Å². The largest absolute Gasteiger partial charge is 0.490 e. The molecule has 0 amide bonds. The molecule has 1 N–H and O–H groups in total. The Bertz CT molecular complexity index is 841. The van der Waals surface area contributed by atoms with Gasteiger partial charge in [-0.3, -0.25) is 4.72 Å². The third-order valence-electron chi connectivity index (χ3n) is 3.18. The molecule has 1 heterocycles. The quantitative estimate of drug-likeness (QED) is 0.913. The van der Waals surface area contributed by atoms with Gasteiger partial charge >= 0.3 is 0 Å². The van der Waals surface area contributed by atoms with E-state index in [2.05, 4.69) is 4.72 Å². The molecule has 2 aromatic rings. The highest BCUT2D eigenvalue weighted by atomic mass is 35.5. The Morgan fingerprint density at radius 1 is 1.04 bits per heavy atom. The molecule has 1 aliphatic heterocycles. The van der Waals surface area contributed by atoms with Crippen molar-refractivity contribution in [3.05, 3.63) is 47.2 Å². The molecule has 23 heavy (non-hydrogen) atoms. The van der Waals surface area contributed by atoms with Crippen LogP contribution in [-0.4, -0.2) is 21.6 Å². The molecular weight excluding hydrogens is 345 g/mol. The third kappa shape index (κ3) is 3.51. The van der Waals surface area contributed by atoms with E-state index in [-0.39, 0.29) is 9.92 Å². The minimum absolute atomic E-state index is 0.188. The molecule has 3 rings (SSSR count). The van der Waals surface area contributed by atoms with Crippen LogP contribution in [0.2, 0.25) is 5.02 Å². The van der Waals surface area contributed by atoms with Crippen molar-refractivity contribution >= 4 is 27.3 Å². The van der Waals surface area contributed by atoms with Crippen LogP contribution >= 0.6 is 11.6 Å². The van der Waals surface area contributed by atoms with Crippen LogP contribution in [0.4, 0.5) is 10.1 Å². The minimum Gasteiger partial charge on any atom is -0.490 e. The van der Waals surface area contributed by atoms with Crippen LogP contribution in [0, 0.1) is 5.82 Å². The lowest BCUT2D eigenvalue weighted by Gasteiger charge is -2.12. The zero-order valence-corrected chi connectivity index (χ0v) is 13.5. The molecule has 122 valence electrons. The number of nitrogens with one attached hydrogen (secondary N) is 1. The van der Waals surface area contributed by atoms with Crippen molar-refractivity contribution in [2.24, 2.45) is 0 Å². The molecule has 2 aromatic carbocycles. The number of halogens is 2. The standard InChI is InChI=1S/C15H13ClFNO4S/c16-12-8-10(17)2-5-15(12)23(19,20)18-11-3-4-13-14(9-11)22-7-1-6-21-13/h2-5,8-9,18H,1,6-7H2. The van der Waals surface area contributed by atoms with Gasteiger partial charge in [0.05, 0.1) is 23.9 Å². The van der Waals surface area contributed by atoms with Gasteiger partial charge in [-0.05, 0) is 30.3 Å². The topological polar surface area (TPSA) is 64.6 Å². The highest BCUT2D eigenvalue weighted by molar-refractivity contribution is 7.92. The Kier molecular flexibility index (Phi) is 4.32. The molecule has 0 saturated heterocycles. The van der Waals surface area contributed by atoms with E-state index in [9.17, 15) is 12.8 Å². The number of rotatable bonds is 3. The second kappa shape index (κ2) is 6.25. The Morgan fingerprint density at radius 2 is 1.78 bits per heavy atom. The van der Waals surface area contributed by atoms with Gasteiger partial charge in [0.15, 0.2) is 11.5 Å². The van der Waals surface area contributed by atoms with E-state index in [0.29, 0.717) is 30.4 Å². The van der Waals surface area contributed by atoms with Crippen molar-refractivity contribution in [1.29, 1.82) is 0 Å². The lowest BCUT2D eigenvalue weighted by Crippen LogP contribution is -2.13. The van der Waals surface area contributed by atoms with Crippen LogP contribution in [0.5, 0.6) is 11.5 Å². The van der Waals surface area contributed by atoms with Crippen LogP contribution in [0.1, 0.15) is 6.42 Å². The summed E-state index contributed by atoms with van der Waals surface area (Å²) < 4.78 is 51.2. The molecule has 0 radical (unpaired) electrons. The molecule has 0 aliphatic carbocycles. The average molecular weight is 358 g/mol. The molecule has 0 saturated carbocycles. The number of sulfonamides is 1. The van der Waals surface area contributed by atoms with Gasteiger partial charge < -0.3 is 9.47 Å². The lowest BCUT2D eigenvalue weighted by atomic mass is 10.3. The van der Waals surface area contributed by atoms with Crippen LogP contribution in [-0.2, 0) is 10.0 Å². The Hall–Kier alpha value is -1.99. The summed E-state index contributed by atoms with van der Waals surface area (Å²) in [5, 5.41) is -0.188. The summed E-state index contributed by atoms with van der Waals surface area (Å²) in [7, 11) is -3.94. The smallest absolute Gasteiger partial charge is 0.263 e. The van der Waals surface area contributed by atoms with Crippen LogP contribution < -0.4 is 14.2 Å². The van der Waals surface area contributed by atoms with Gasteiger partial charge in [0.2, 0.25) is 0 Å². The van der Waals surface area contributed by atoms with E-state index in [1.165, 1.54) is 6.07 Å². The van der Waals surface area contributed by atoms with Crippen molar-refractivity contribution in [3.8, 4) is 11.5 Å². The first-order chi connectivity index (χ1) is 11.0. The molecule has 0 unspecified atom stereocenters. The highest BCUT2D eigenvalue weighted by Gasteiger charge is 2.20. The zero-order valence-electron chi connectivity index (χ0n) is 11.9. The first kappa shape index (κ1) is 15.9. The molecule has 1 aliphatic rings. The first-order valence-electron chi connectivity index (χ1n) is 6.83. The summed E-state index contributed by atoms with van der Waals surface area (Å²) in [5.41, 5.74) is 0.301. The van der Waals surface area contributed by atoms with Crippen molar-refractivity contribution in [1.82, 2.24) is 0 Å². The molecule has 0 atom stereocenters. The van der Waals surface area contributed by atoms with Crippen LogP contribution in [0.3, 0.4) is 0 Å². The fraction of sp³-hybridized carbons (Fsp3) is 0.200. The normalized spacial score (nSPS) is 14.2. The van der Waals surface area contributed by atoms with Crippen molar-refractivity contribution in [3.63, 3.8) is 0 Å². The summed E-state index contributed by atoms with van der Waals surface area (Å²) in [4.78, 5) is -0.201. The molecule has 0 fully saturated rings. The zero-order chi connectivity index (χ0) is 16.4. The van der Waals surface area contributed by atoms with Gasteiger partial charge in [-0.2, -0.15) is 0 Å². The van der Waals surface area contributed by atoms with Crippen molar-refractivity contribution < 1.29 is 22.3 Å². The Morgan fingerprint density at radius 3 is 2.52 bits per heavy atom. The summed E-state index contributed by atoms with van der Waals surface area (Å²) in [6, 6.07) is 7.82. The maximum Gasteiger partial charge on any atom is 0.263 e. The molecule has 0 aromatic heterocycles. The first-order valence-corrected chi connectivity index (χ1v) is 8.69. The summed E-state index contributed by atoms with van der Waals surface area (Å²) in [6.07, 6.45) is 0.751. The van der Waals surface area contributed by atoms with Gasteiger partial charge in [-0.15, -0.1) is 0 Å². The summed E-state index contributed by atoms with van der Waals surface area (Å²) in [5.74, 6) is 0.419. The number of ether oxygens (including phenoxy) is 2. The average Bonchev–Trinajstić information content (AvgIpc) is 2.71. The maximum absolute atomic E-state index is 13.1. The molecule has 0 bridgehead atoms. The second-order valence-corrected chi connectivity index (χ2v) is 6.95. The fourth-order valence-corrected chi connectivity index (χ4v) is 3.71. The number of fused-ring (bicyclic) bond motifs is 1. The number of anilines is 1. The van der Waals surface area contributed by atoms with Crippen LogP contribution in [0.25, 0.3) is 0 Å². The van der Waals surface area contributed by atoms with E-state index >= 15 is 0 Å². The van der Waals surface area contributed by atoms with Crippen molar-refractivity contribution in [2.75, 3.05) is 17.9 Å². The summed E-state index contributed by atoms with van der Waals surface area (Å²) >= 11 is 5.81. The summed E-state index contributed by atoms with van der Waals surface area (Å²) in [6.45, 7) is 1.04. The Balaban J connectivity index is 1.90. The Labute approximate surface area is 138 Å². The molecule has 0 spiro atoms. The second-order valence-electron chi connectivity index (χ2n) is 4.89. The molecular formula is C15H13ClFNO4S. The van der Waals surface area contributed by atoms with E-state index in [0.717, 1.165) is 24.6 Å². The predicted molar refractivity (Wildman–Crippen MR) is 84.3 cm³/mol. The SMILES string of the molecule is O=S(=O)(Nc1ccc2c(c1)OCCCO2)c1ccc(F)cc1Cl. The fourth-order valence-electron chi connectivity index (χ4n) is 2.13. The van der Waals surface area contributed by atoms with E-state index in [4.69, 9.17) is 21.1 Å². The minimum atomic E-state index is -3.94. The van der Waals surface area contributed by atoms with Gasteiger partial charge in [0.25, 0.3) is 10.0 Å². The van der Waals surface area contributed by atoms with E-state index in [1.54, 1.807) is 12.1 Å². The number of hydrogen-bond acceptors (Lipinski definition) is 4. The third-order valence-corrected chi connectivity index (χ3v) is 5.05. The number of hydrogen-bond donors (Lipinski definition) is 1.